The van der Waals surface area contributed by atoms with E-state index < -0.39 is 10.0 Å². The summed E-state index contributed by atoms with van der Waals surface area (Å²) in [6, 6.07) is 12.6. The first-order chi connectivity index (χ1) is 10.0. The quantitative estimate of drug-likeness (QED) is 0.849. The SMILES string of the molecule is CCN(CC)S(=O)(=O)c1ccc(-c2ccc(C#N)cc2)s1. The first-order valence-electron chi connectivity index (χ1n) is 6.63. The standard InChI is InChI=1S/C15H16N2O2S2/c1-3-17(4-2)21(18,19)15-10-9-14(20-15)13-7-5-12(11-16)6-8-13/h5-10H,3-4H2,1-2H3. The van der Waals surface area contributed by atoms with Crippen LogP contribution < -0.4 is 0 Å². The minimum atomic E-state index is -3.40. The molecule has 0 fully saturated rings. The van der Waals surface area contributed by atoms with Crippen molar-refractivity contribution < 1.29 is 8.42 Å². The van der Waals surface area contributed by atoms with E-state index in [1.807, 2.05) is 32.0 Å². The number of benzene rings is 1. The van der Waals surface area contributed by atoms with Gasteiger partial charge in [0.25, 0.3) is 10.0 Å². The van der Waals surface area contributed by atoms with Gasteiger partial charge >= 0.3 is 0 Å². The van der Waals surface area contributed by atoms with Crippen molar-refractivity contribution >= 4 is 21.4 Å². The third-order valence-corrected chi connectivity index (χ3v) is 6.83. The molecule has 0 saturated carbocycles. The zero-order chi connectivity index (χ0) is 15.5. The van der Waals surface area contributed by atoms with E-state index in [4.69, 9.17) is 5.26 Å². The summed E-state index contributed by atoms with van der Waals surface area (Å²) in [5, 5.41) is 8.79. The van der Waals surface area contributed by atoms with Crippen LogP contribution in [0, 0.1) is 11.3 Å². The van der Waals surface area contributed by atoms with Crippen LogP contribution in [0.2, 0.25) is 0 Å². The van der Waals surface area contributed by atoms with Crippen LogP contribution in [0.15, 0.2) is 40.6 Å². The lowest BCUT2D eigenvalue weighted by atomic mass is 10.1. The zero-order valence-corrected chi connectivity index (χ0v) is 13.5. The lowest BCUT2D eigenvalue weighted by molar-refractivity contribution is 0.447. The molecule has 0 aliphatic rings. The number of hydrogen-bond acceptors (Lipinski definition) is 4. The highest BCUT2D eigenvalue weighted by Gasteiger charge is 2.23. The molecule has 2 rings (SSSR count). The van der Waals surface area contributed by atoms with Crippen LogP contribution in [-0.2, 0) is 10.0 Å². The van der Waals surface area contributed by atoms with E-state index in [2.05, 4.69) is 6.07 Å². The highest BCUT2D eigenvalue weighted by Crippen LogP contribution is 2.32. The van der Waals surface area contributed by atoms with Crippen molar-refractivity contribution in [1.82, 2.24) is 4.31 Å². The second kappa shape index (κ2) is 6.39. The summed E-state index contributed by atoms with van der Waals surface area (Å²) >= 11 is 1.25. The monoisotopic (exact) mass is 320 g/mol. The molecule has 4 nitrogen and oxygen atoms in total. The van der Waals surface area contributed by atoms with Crippen LogP contribution >= 0.6 is 11.3 Å². The van der Waals surface area contributed by atoms with Gasteiger partial charge in [-0.05, 0) is 29.8 Å². The molecular formula is C15H16N2O2S2. The van der Waals surface area contributed by atoms with E-state index in [1.165, 1.54) is 15.6 Å². The molecule has 0 spiro atoms. The fourth-order valence-electron chi connectivity index (χ4n) is 2.01. The van der Waals surface area contributed by atoms with Crippen molar-refractivity contribution in [3.05, 3.63) is 42.0 Å². The Hall–Kier alpha value is -1.68. The van der Waals surface area contributed by atoms with Crippen molar-refractivity contribution in [2.75, 3.05) is 13.1 Å². The molecule has 21 heavy (non-hydrogen) atoms. The van der Waals surface area contributed by atoms with Gasteiger partial charge in [-0.2, -0.15) is 9.57 Å². The number of rotatable bonds is 5. The number of nitrogens with zero attached hydrogens (tertiary/aromatic N) is 2. The number of thiophene rings is 1. The Bertz CT molecular complexity index is 752. The third kappa shape index (κ3) is 3.16. The molecule has 0 bridgehead atoms. The Morgan fingerprint density at radius 3 is 2.24 bits per heavy atom. The van der Waals surface area contributed by atoms with Crippen molar-refractivity contribution in [2.24, 2.45) is 0 Å². The maximum absolute atomic E-state index is 12.4. The van der Waals surface area contributed by atoms with E-state index in [-0.39, 0.29) is 0 Å². The zero-order valence-electron chi connectivity index (χ0n) is 11.9. The predicted molar refractivity (Wildman–Crippen MR) is 84.6 cm³/mol. The van der Waals surface area contributed by atoms with Gasteiger partial charge in [-0.15, -0.1) is 11.3 Å². The van der Waals surface area contributed by atoms with Gasteiger partial charge in [-0.3, -0.25) is 0 Å². The molecule has 0 atom stereocenters. The van der Waals surface area contributed by atoms with Crippen molar-refractivity contribution in [3.63, 3.8) is 0 Å². The molecule has 110 valence electrons. The molecule has 1 aromatic heterocycles. The van der Waals surface area contributed by atoms with Crippen LogP contribution in [0.3, 0.4) is 0 Å². The van der Waals surface area contributed by atoms with Crippen LogP contribution in [0.1, 0.15) is 19.4 Å². The minimum absolute atomic E-state index is 0.352. The van der Waals surface area contributed by atoms with Gasteiger partial charge in [-0.1, -0.05) is 26.0 Å². The smallest absolute Gasteiger partial charge is 0.206 e. The van der Waals surface area contributed by atoms with Crippen LogP contribution in [0.5, 0.6) is 0 Å². The number of sulfonamides is 1. The van der Waals surface area contributed by atoms with Gasteiger partial charge < -0.3 is 0 Å². The second-order valence-electron chi connectivity index (χ2n) is 4.40. The lowest BCUT2D eigenvalue weighted by Crippen LogP contribution is -2.29. The van der Waals surface area contributed by atoms with Crippen LogP contribution in [0.25, 0.3) is 10.4 Å². The normalized spacial score (nSPS) is 11.5. The van der Waals surface area contributed by atoms with Crippen molar-refractivity contribution in [1.29, 1.82) is 5.26 Å². The minimum Gasteiger partial charge on any atom is -0.206 e. The highest BCUT2D eigenvalue weighted by atomic mass is 32.2. The molecule has 1 heterocycles. The average molecular weight is 320 g/mol. The molecule has 0 aliphatic heterocycles. The average Bonchev–Trinajstić information content (AvgIpc) is 2.99. The summed E-state index contributed by atoms with van der Waals surface area (Å²) in [6.07, 6.45) is 0. The van der Waals surface area contributed by atoms with E-state index in [0.717, 1.165) is 10.4 Å². The molecule has 0 aliphatic carbocycles. The van der Waals surface area contributed by atoms with Gasteiger partial charge in [0.1, 0.15) is 4.21 Å². The highest BCUT2D eigenvalue weighted by molar-refractivity contribution is 7.91. The Balaban J connectivity index is 2.35. The number of nitriles is 1. The predicted octanol–water partition coefficient (Wildman–Crippen LogP) is 3.32. The molecular weight excluding hydrogens is 304 g/mol. The van der Waals surface area contributed by atoms with Crippen LogP contribution in [-0.4, -0.2) is 25.8 Å². The summed E-state index contributed by atoms with van der Waals surface area (Å²) in [5.41, 5.74) is 1.51. The fourth-order valence-corrected chi connectivity index (χ4v) is 4.94. The van der Waals surface area contributed by atoms with E-state index in [1.54, 1.807) is 18.2 Å². The molecule has 2 aromatic rings. The molecule has 0 saturated heterocycles. The maximum Gasteiger partial charge on any atom is 0.252 e. The van der Waals surface area contributed by atoms with Gasteiger partial charge in [-0.25, -0.2) is 8.42 Å². The van der Waals surface area contributed by atoms with E-state index >= 15 is 0 Å². The number of hydrogen-bond donors (Lipinski definition) is 0. The maximum atomic E-state index is 12.4. The molecule has 1 aromatic carbocycles. The van der Waals surface area contributed by atoms with Gasteiger partial charge in [0.15, 0.2) is 0 Å². The Morgan fingerprint density at radius 2 is 1.71 bits per heavy atom. The largest absolute Gasteiger partial charge is 0.252 e. The Labute approximate surface area is 129 Å². The van der Waals surface area contributed by atoms with Gasteiger partial charge in [0.2, 0.25) is 0 Å². The molecule has 0 radical (unpaired) electrons. The van der Waals surface area contributed by atoms with Gasteiger partial charge in [0, 0.05) is 18.0 Å². The van der Waals surface area contributed by atoms with E-state index in [0.29, 0.717) is 22.9 Å². The third-order valence-electron chi connectivity index (χ3n) is 3.18. The lowest BCUT2D eigenvalue weighted by Gasteiger charge is -2.16. The molecule has 6 heteroatoms. The first-order valence-corrected chi connectivity index (χ1v) is 8.89. The summed E-state index contributed by atoms with van der Waals surface area (Å²) in [6.45, 7) is 4.58. The van der Waals surface area contributed by atoms with Crippen molar-refractivity contribution in [3.8, 4) is 16.5 Å². The molecule has 0 amide bonds. The topological polar surface area (TPSA) is 61.2 Å². The summed E-state index contributed by atoms with van der Waals surface area (Å²) in [4.78, 5) is 0.880. The summed E-state index contributed by atoms with van der Waals surface area (Å²) in [7, 11) is -3.40. The van der Waals surface area contributed by atoms with E-state index in [9.17, 15) is 8.42 Å². The Morgan fingerprint density at radius 1 is 1.10 bits per heavy atom. The second-order valence-corrected chi connectivity index (χ2v) is 7.65. The fraction of sp³-hybridized carbons (Fsp3) is 0.267. The van der Waals surface area contributed by atoms with Crippen molar-refractivity contribution in [2.45, 2.75) is 18.1 Å². The molecule has 0 N–H and O–H groups in total. The molecule has 0 unspecified atom stereocenters. The van der Waals surface area contributed by atoms with Crippen LogP contribution in [0.4, 0.5) is 0 Å². The summed E-state index contributed by atoms with van der Waals surface area (Å²) in [5.74, 6) is 0. The summed E-state index contributed by atoms with van der Waals surface area (Å²) < 4.78 is 26.7. The first kappa shape index (κ1) is 15.7. The van der Waals surface area contributed by atoms with Gasteiger partial charge in [0.05, 0.1) is 11.6 Å². The Kier molecular flexibility index (Phi) is 4.78.